The SMILES string of the molecule is COC(=O)[C@H]1C[C@@H](N2C[C@@H]3CNCCN3C2=O)CN1C(C)C. The fourth-order valence-electron chi connectivity index (χ4n) is 3.95. The van der Waals surface area contributed by atoms with Crippen molar-refractivity contribution in [1.82, 2.24) is 20.0 Å². The van der Waals surface area contributed by atoms with Gasteiger partial charge in [0.15, 0.2) is 0 Å². The molecule has 0 bridgehead atoms. The van der Waals surface area contributed by atoms with E-state index in [9.17, 15) is 9.59 Å². The average molecular weight is 310 g/mol. The zero-order valence-electron chi connectivity index (χ0n) is 13.6. The fourth-order valence-corrected chi connectivity index (χ4v) is 3.95. The number of rotatable bonds is 3. The third kappa shape index (κ3) is 2.56. The number of carbonyl (C=O) groups excluding carboxylic acids is 2. The number of likely N-dealkylation sites (tertiary alicyclic amines) is 1. The smallest absolute Gasteiger partial charge is 0.323 e. The molecule has 0 aromatic rings. The molecule has 0 unspecified atom stereocenters. The number of urea groups is 1. The summed E-state index contributed by atoms with van der Waals surface area (Å²) in [4.78, 5) is 30.8. The van der Waals surface area contributed by atoms with Crippen LogP contribution in [0.3, 0.4) is 0 Å². The van der Waals surface area contributed by atoms with Crippen molar-refractivity contribution in [2.45, 2.75) is 44.4 Å². The second-order valence-electron chi connectivity index (χ2n) is 6.71. The number of nitrogens with one attached hydrogen (secondary N) is 1. The van der Waals surface area contributed by atoms with Crippen LogP contribution in [0, 0.1) is 0 Å². The van der Waals surface area contributed by atoms with Gasteiger partial charge in [-0.2, -0.15) is 0 Å². The van der Waals surface area contributed by atoms with Gasteiger partial charge in [0.05, 0.1) is 13.2 Å². The molecule has 0 aromatic heterocycles. The standard InChI is InChI=1S/C15H26N4O3/c1-10(2)18-8-11(6-13(18)14(20)22-3)19-9-12-7-16-4-5-17(12)15(19)21/h10-13,16H,4-9H2,1-3H3/t11-,12+,13-/m1/s1. The Labute approximate surface area is 131 Å². The third-order valence-electron chi connectivity index (χ3n) is 5.14. The molecule has 3 fully saturated rings. The van der Waals surface area contributed by atoms with Gasteiger partial charge in [-0.1, -0.05) is 0 Å². The molecule has 3 atom stereocenters. The fraction of sp³-hybridized carbons (Fsp3) is 0.867. The van der Waals surface area contributed by atoms with Crippen LogP contribution in [0.15, 0.2) is 0 Å². The maximum Gasteiger partial charge on any atom is 0.323 e. The van der Waals surface area contributed by atoms with Crippen LogP contribution in [0.5, 0.6) is 0 Å². The topological polar surface area (TPSA) is 65.1 Å². The predicted octanol–water partition coefficient (Wildman–Crippen LogP) is -0.280. The Morgan fingerprint density at radius 1 is 1.27 bits per heavy atom. The quantitative estimate of drug-likeness (QED) is 0.727. The molecule has 22 heavy (non-hydrogen) atoms. The summed E-state index contributed by atoms with van der Waals surface area (Å²) in [6.45, 7) is 8.18. The van der Waals surface area contributed by atoms with Crippen LogP contribution in [0.2, 0.25) is 0 Å². The number of methoxy groups -OCH3 is 1. The van der Waals surface area contributed by atoms with Crippen molar-refractivity contribution in [2.75, 3.05) is 39.8 Å². The Balaban J connectivity index is 1.73. The van der Waals surface area contributed by atoms with Gasteiger partial charge >= 0.3 is 12.0 Å². The summed E-state index contributed by atoms with van der Waals surface area (Å²) in [5.41, 5.74) is 0. The predicted molar refractivity (Wildman–Crippen MR) is 81.5 cm³/mol. The van der Waals surface area contributed by atoms with Crippen molar-refractivity contribution in [1.29, 1.82) is 0 Å². The van der Waals surface area contributed by atoms with Gasteiger partial charge in [0.1, 0.15) is 6.04 Å². The lowest BCUT2D eigenvalue weighted by Crippen LogP contribution is -2.50. The third-order valence-corrected chi connectivity index (χ3v) is 5.14. The molecule has 0 spiro atoms. The van der Waals surface area contributed by atoms with E-state index in [0.29, 0.717) is 6.42 Å². The van der Waals surface area contributed by atoms with Crippen LogP contribution in [0.1, 0.15) is 20.3 Å². The molecular weight excluding hydrogens is 284 g/mol. The van der Waals surface area contributed by atoms with Gasteiger partial charge in [0.25, 0.3) is 0 Å². The number of nitrogens with zero attached hydrogens (tertiary/aromatic N) is 3. The van der Waals surface area contributed by atoms with E-state index in [1.165, 1.54) is 7.11 Å². The van der Waals surface area contributed by atoms with Crippen LogP contribution in [-0.2, 0) is 9.53 Å². The molecule has 3 aliphatic rings. The lowest BCUT2D eigenvalue weighted by atomic mass is 10.1. The largest absolute Gasteiger partial charge is 0.468 e. The number of hydrogen-bond acceptors (Lipinski definition) is 5. The van der Waals surface area contributed by atoms with E-state index >= 15 is 0 Å². The molecule has 3 aliphatic heterocycles. The summed E-state index contributed by atoms with van der Waals surface area (Å²) in [5.74, 6) is -0.192. The normalized spacial score (nSPS) is 32.7. The molecule has 7 nitrogen and oxygen atoms in total. The molecule has 124 valence electrons. The Morgan fingerprint density at radius 2 is 2.05 bits per heavy atom. The van der Waals surface area contributed by atoms with Crippen molar-refractivity contribution >= 4 is 12.0 Å². The van der Waals surface area contributed by atoms with E-state index in [1.54, 1.807) is 0 Å². The van der Waals surface area contributed by atoms with Crippen LogP contribution in [0.25, 0.3) is 0 Å². The van der Waals surface area contributed by atoms with Crippen molar-refractivity contribution in [2.24, 2.45) is 0 Å². The monoisotopic (exact) mass is 310 g/mol. The van der Waals surface area contributed by atoms with Crippen molar-refractivity contribution < 1.29 is 14.3 Å². The first kappa shape index (κ1) is 15.6. The van der Waals surface area contributed by atoms with E-state index in [4.69, 9.17) is 4.74 Å². The summed E-state index contributed by atoms with van der Waals surface area (Å²) >= 11 is 0. The molecular formula is C15H26N4O3. The van der Waals surface area contributed by atoms with Crippen LogP contribution < -0.4 is 5.32 Å². The second-order valence-corrected chi connectivity index (χ2v) is 6.71. The van der Waals surface area contributed by atoms with Crippen molar-refractivity contribution in [3.8, 4) is 0 Å². The van der Waals surface area contributed by atoms with E-state index in [0.717, 1.165) is 32.7 Å². The highest BCUT2D eigenvalue weighted by atomic mass is 16.5. The molecule has 0 radical (unpaired) electrons. The summed E-state index contributed by atoms with van der Waals surface area (Å²) in [5, 5.41) is 3.35. The Kier molecular flexibility index (Phi) is 4.27. The number of esters is 1. The van der Waals surface area contributed by atoms with E-state index < -0.39 is 0 Å². The first-order chi connectivity index (χ1) is 10.5. The van der Waals surface area contributed by atoms with Crippen LogP contribution >= 0.6 is 0 Å². The highest BCUT2D eigenvalue weighted by Crippen LogP contribution is 2.29. The lowest BCUT2D eigenvalue weighted by molar-refractivity contribution is -0.146. The van der Waals surface area contributed by atoms with Gasteiger partial charge in [0, 0.05) is 44.8 Å². The van der Waals surface area contributed by atoms with Gasteiger partial charge in [-0.15, -0.1) is 0 Å². The lowest BCUT2D eigenvalue weighted by Gasteiger charge is -2.28. The van der Waals surface area contributed by atoms with Crippen molar-refractivity contribution in [3.05, 3.63) is 0 Å². The molecule has 0 saturated carbocycles. The highest BCUT2D eigenvalue weighted by molar-refractivity contribution is 5.79. The van der Waals surface area contributed by atoms with E-state index in [2.05, 4.69) is 24.1 Å². The molecule has 3 heterocycles. The zero-order valence-corrected chi connectivity index (χ0v) is 13.6. The molecule has 1 N–H and O–H groups in total. The van der Waals surface area contributed by atoms with E-state index in [-0.39, 0.29) is 36.2 Å². The first-order valence-electron chi connectivity index (χ1n) is 8.14. The number of fused-ring (bicyclic) bond motifs is 1. The average Bonchev–Trinajstić information content (AvgIpc) is 3.09. The van der Waals surface area contributed by atoms with Crippen molar-refractivity contribution in [3.63, 3.8) is 0 Å². The minimum Gasteiger partial charge on any atom is -0.468 e. The molecule has 3 saturated heterocycles. The van der Waals surface area contributed by atoms with Gasteiger partial charge in [-0.3, -0.25) is 9.69 Å². The zero-order chi connectivity index (χ0) is 15.9. The summed E-state index contributed by atoms with van der Waals surface area (Å²) in [6, 6.07) is 0.524. The minimum atomic E-state index is -0.237. The summed E-state index contributed by atoms with van der Waals surface area (Å²) in [6.07, 6.45) is 0.671. The summed E-state index contributed by atoms with van der Waals surface area (Å²) in [7, 11) is 1.43. The van der Waals surface area contributed by atoms with Crippen LogP contribution in [-0.4, -0.2) is 90.7 Å². The molecule has 3 rings (SSSR count). The molecule has 0 aliphatic carbocycles. The Morgan fingerprint density at radius 3 is 2.68 bits per heavy atom. The number of piperazine rings is 1. The first-order valence-corrected chi connectivity index (χ1v) is 8.14. The summed E-state index contributed by atoms with van der Waals surface area (Å²) < 4.78 is 4.94. The minimum absolute atomic E-state index is 0.101. The van der Waals surface area contributed by atoms with E-state index in [1.807, 2.05) is 9.80 Å². The number of amides is 2. The van der Waals surface area contributed by atoms with Gasteiger partial charge in [0.2, 0.25) is 0 Å². The maximum absolute atomic E-state index is 12.6. The molecule has 2 amide bonds. The Bertz CT molecular complexity index is 456. The molecule has 7 heteroatoms. The van der Waals surface area contributed by atoms with Gasteiger partial charge in [-0.05, 0) is 20.3 Å². The number of carbonyl (C=O) groups is 2. The number of ether oxygens (including phenoxy) is 1. The Hall–Kier alpha value is -1.34. The van der Waals surface area contributed by atoms with Crippen LogP contribution in [0.4, 0.5) is 4.79 Å². The van der Waals surface area contributed by atoms with Gasteiger partial charge in [-0.25, -0.2) is 4.79 Å². The van der Waals surface area contributed by atoms with Gasteiger partial charge < -0.3 is 19.9 Å². The highest BCUT2D eigenvalue weighted by Gasteiger charge is 2.47. The number of hydrogen-bond donors (Lipinski definition) is 1. The second kappa shape index (κ2) is 6.04. The maximum atomic E-state index is 12.6. The molecule has 0 aromatic carbocycles.